The Balaban J connectivity index is 2.28. The van der Waals surface area contributed by atoms with E-state index in [9.17, 15) is 9.18 Å². The zero-order chi connectivity index (χ0) is 11.5. The third-order valence-corrected chi connectivity index (χ3v) is 3.34. The van der Waals surface area contributed by atoms with Crippen molar-refractivity contribution < 1.29 is 9.18 Å². The molecule has 0 aliphatic rings. The molecule has 2 nitrogen and oxygen atoms in total. The number of hydrogen-bond donors (Lipinski definition) is 1. The summed E-state index contributed by atoms with van der Waals surface area (Å²) in [5, 5.41) is 3.71. The highest BCUT2D eigenvalue weighted by Crippen LogP contribution is 2.26. The molecule has 0 atom stereocenters. The maximum Gasteiger partial charge on any atom is 0.261 e. The van der Waals surface area contributed by atoms with Crippen LogP contribution in [0, 0.1) is 5.82 Å². The number of fused-ring (bicyclic) bond motifs is 1. The molecule has 0 unspecified atom stereocenters. The van der Waals surface area contributed by atoms with Crippen LogP contribution in [0.25, 0.3) is 10.1 Å². The molecule has 0 fully saturated rings. The summed E-state index contributed by atoms with van der Waals surface area (Å²) in [4.78, 5) is 12.3. The second kappa shape index (κ2) is 4.61. The van der Waals surface area contributed by atoms with Crippen molar-refractivity contribution in [1.29, 1.82) is 0 Å². The van der Waals surface area contributed by atoms with Gasteiger partial charge in [0.25, 0.3) is 5.91 Å². The number of carbonyl (C=O) groups is 1. The summed E-state index contributed by atoms with van der Waals surface area (Å²) in [5.74, 6) is -0.349. The first-order chi connectivity index (χ1) is 7.70. The molecule has 0 radical (unpaired) electrons. The lowest BCUT2D eigenvalue weighted by Crippen LogP contribution is -2.22. The number of amides is 1. The van der Waals surface area contributed by atoms with Gasteiger partial charge in [-0.05, 0) is 30.0 Å². The molecule has 1 N–H and O–H groups in total. The van der Waals surface area contributed by atoms with Gasteiger partial charge < -0.3 is 5.32 Å². The van der Waals surface area contributed by atoms with Crippen molar-refractivity contribution in [2.24, 2.45) is 0 Å². The Morgan fingerprint density at radius 2 is 2.25 bits per heavy atom. The highest BCUT2D eigenvalue weighted by molar-refractivity contribution is 7.20. The van der Waals surface area contributed by atoms with E-state index in [1.807, 2.05) is 6.92 Å². The Hall–Kier alpha value is -1.42. The van der Waals surface area contributed by atoms with Crippen LogP contribution in [0.5, 0.6) is 0 Å². The number of benzene rings is 1. The molecule has 16 heavy (non-hydrogen) atoms. The number of thiophene rings is 1. The van der Waals surface area contributed by atoms with E-state index >= 15 is 0 Å². The lowest BCUT2D eigenvalue weighted by Gasteiger charge is -1.98. The van der Waals surface area contributed by atoms with Crippen LogP contribution in [-0.2, 0) is 0 Å². The van der Waals surface area contributed by atoms with Gasteiger partial charge in [-0.25, -0.2) is 4.39 Å². The maximum absolute atomic E-state index is 13.0. The third-order valence-electron chi connectivity index (χ3n) is 2.24. The standard InChI is InChI=1S/C12H12FNOS/c1-2-5-14-12(15)11-6-8-3-4-9(13)7-10(8)16-11/h3-4,6-7H,2,5H2,1H3,(H,14,15). The van der Waals surface area contributed by atoms with Crippen molar-refractivity contribution in [3.63, 3.8) is 0 Å². The van der Waals surface area contributed by atoms with E-state index in [2.05, 4.69) is 5.32 Å². The Kier molecular flexibility index (Phi) is 3.19. The summed E-state index contributed by atoms with van der Waals surface area (Å²) in [6.45, 7) is 2.67. The lowest BCUT2D eigenvalue weighted by molar-refractivity contribution is 0.0958. The summed E-state index contributed by atoms with van der Waals surface area (Å²) in [7, 11) is 0. The van der Waals surface area contributed by atoms with Crippen LogP contribution in [-0.4, -0.2) is 12.5 Å². The number of nitrogens with one attached hydrogen (secondary N) is 1. The summed E-state index contributed by atoms with van der Waals surface area (Å²) >= 11 is 1.32. The number of rotatable bonds is 3. The first-order valence-corrected chi connectivity index (χ1v) is 5.99. The SMILES string of the molecule is CCCNC(=O)c1cc2ccc(F)cc2s1. The molecule has 1 aromatic heterocycles. The van der Waals surface area contributed by atoms with Crippen molar-refractivity contribution in [3.05, 3.63) is 35.0 Å². The van der Waals surface area contributed by atoms with Crippen LogP contribution >= 0.6 is 11.3 Å². The zero-order valence-electron chi connectivity index (χ0n) is 8.92. The highest BCUT2D eigenvalue weighted by atomic mass is 32.1. The topological polar surface area (TPSA) is 29.1 Å². The number of hydrogen-bond acceptors (Lipinski definition) is 2. The first-order valence-electron chi connectivity index (χ1n) is 5.18. The predicted octanol–water partition coefficient (Wildman–Crippen LogP) is 3.18. The second-order valence-electron chi connectivity index (χ2n) is 3.55. The summed E-state index contributed by atoms with van der Waals surface area (Å²) in [6, 6.07) is 6.35. The largest absolute Gasteiger partial charge is 0.351 e. The van der Waals surface area contributed by atoms with Gasteiger partial charge in [0.15, 0.2) is 0 Å². The van der Waals surface area contributed by atoms with E-state index in [4.69, 9.17) is 0 Å². The van der Waals surface area contributed by atoms with E-state index in [-0.39, 0.29) is 11.7 Å². The fraction of sp³-hybridized carbons (Fsp3) is 0.250. The van der Waals surface area contributed by atoms with E-state index in [0.29, 0.717) is 11.4 Å². The maximum atomic E-state index is 13.0. The molecule has 0 bridgehead atoms. The molecule has 0 saturated carbocycles. The average molecular weight is 237 g/mol. The van der Waals surface area contributed by atoms with Crippen LogP contribution in [0.15, 0.2) is 24.3 Å². The van der Waals surface area contributed by atoms with Gasteiger partial charge in [0.05, 0.1) is 4.88 Å². The van der Waals surface area contributed by atoms with Crippen LogP contribution in [0.4, 0.5) is 4.39 Å². The monoisotopic (exact) mass is 237 g/mol. The molecule has 0 aliphatic heterocycles. The van der Waals surface area contributed by atoms with E-state index in [1.54, 1.807) is 12.1 Å². The van der Waals surface area contributed by atoms with Gasteiger partial charge in [0.2, 0.25) is 0 Å². The quantitative estimate of drug-likeness (QED) is 0.872. The Labute approximate surface area is 97.1 Å². The van der Waals surface area contributed by atoms with E-state index in [1.165, 1.54) is 23.5 Å². The summed E-state index contributed by atoms with van der Waals surface area (Å²) in [5.41, 5.74) is 0. The van der Waals surface area contributed by atoms with Crippen molar-refractivity contribution >= 4 is 27.3 Å². The molecule has 2 rings (SSSR count). The third kappa shape index (κ3) is 2.22. The normalized spacial score (nSPS) is 10.6. The molecule has 84 valence electrons. The molecule has 0 spiro atoms. The fourth-order valence-electron chi connectivity index (χ4n) is 1.44. The van der Waals surface area contributed by atoms with Crippen LogP contribution in [0.2, 0.25) is 0 Å². The number of halogens is 1. The molecule has 1 amide bonds. The summed E-state index contributed by atoms with van der Waals surface area (Å²) in [6.07, 6.45) is 0.908. The molecule has 1 heterocycles. The van der Waals surface area contributed by atoms with Crippen molar-refractivity contribution in [1.82, 2.24) is 5.32 Å². The molecule has 2 aromatic rings. The lowest BCUT2D eigenvalue weighted by atomic mass is 10.2. The minimum Gasteiger partial charge on any atom is -0.351 e. The van der Waals surface area contributed by atoms with Crippen molar-refractivity contribution in [3.8, 4) is 0 Å². The Bertz CT molecular complexity index is 521. The summed E-state index contributed by atoms with van der Waals surface area (Å²) < 4.78 is 13.8. The smallest absolute Gasteiger partial charge is 0.261 e. The van der Waals surface area contributed by atoms with Crippen molar-refractivity contribution in [2.75, 3.05) is 6.54 Å². The van der Waals surface area contributed by atoms with Crippen LogP contribution < -0.4 is 5.32 Å². The van der Waals surface area contributed by atoms with Crippen LogP contribution in [0.3, 0.4) is 0 Å². The van der Waals surface area contributed by atoms with Gasteiger partial charge in [0.1, 0.15) is 5.82 Å². The van der Waals surface area contributed by atoms with Gasteiger partial charge in [-0.3, -0.25) is 4.79 Å². The Morgan fingerprint density at radius 1 is 1.44 bits per heavy atom. The first kappa shape index (κ1) is 11.1. The van der Waals surface area contributed by atoms with Gasteiger partial charge in [-0.2, -0.15) is 0 Å². The van der Waals surface area contributed by atoms with Gasteiger partial charge in [-0.15, -0.1) is 11.3 Å². The Morgan fingerprint density at radius 3 is 3.00 bits per heavy atom. The van der Waals surface area contributed by atoms with Gasteiger partial charge >= 0.3 is 0 Å². The minimum atomic E-state index is -0.269. The molecule has 0 saturated heterocycles. The average Bonchev–Trinajstić information content (AvgIpc) is 2.68. The van der Waals surface area contributed by atoms with Gasteiger partial charge in [0, 0.05) is 11.2 Å². The molecule has 1 aromatic carbocycles. The van der Waals surface area contributed by atoms with E-state index < -0.39 is 0 Å². The fourth-order valence-corrected chi connectivity index (χ4v) is 2.45. The van der Waals surface area contributed by atoms with Gasteiger partial charge in [-0.1, -0.05) is 13.0 Å². The molecular weight excluding hydrogens is 225 g/mol. The minimum absolute atomic E-state index is 0.0801. The van der Waals surface area contributed by atoms with Crippen molar-refractivity contribution in [2.45, 2.75) is 13.3 Å². The van der Waals surface area contributed by atoms with Crippen LogP contribution in [0.1, 0.15) is 23.0 Å². The second-order valence-corrected chi connectivity index (χ2v) is 4.63. The predicted molar refractivity (Wildman–Crippen MR) is 64.4 cm³/mol. The zero-order valence-corrected chi connectivity index (χ0v) is 9.73. The molecule has 4 heteroatoms. The highest BCUT2D eigenvalue weighted by Gasteiger charge is 2.09. The molecule has 0 aliphatic carbocycles. The molecular formula is C12H12FNOS. The van der Waals surface area contributed by atoms with E-state index in [0.717, 1.165) is 16.5 Å². The number of carbonyl (C=O) groups excluding carboxylic acids is 1.